The molecule has 0 aliphatic rings. The Kier molecular flexibility index (Phi) is 4.47. The minimum Gasteiger partial charge on any atom is -0.493 e. The summed E-state index contributed by atoms with van der Waals surface area (Å²) < 4.78 is 10.5. The van der Waals surface area contributed by atoms with Gasteiger partial charge in [-0.25, -0.2) is 4.79 Å². The number of benzene rings is 2. The van der Waals surface area contributed by atoms with Crippen LogP contribution in [0.3, 0.4) is 0 Å². The monoisotopic (exact) mass is 341 g/mol. The molecule has 7 heteroatoms. The highest BCUT2D eigenvalue weighted by Crippen LogP contribution is 2.30. The van der Waals surface area contributed by atoms with Gasteiger partial charge in [0.25, 0.3) is 5.91 Å². The van der Waals surface area contributed by atoms with E-state index in [4.69, 9.17) is 9.47 Å². The smallest absolute Gasteiger partial charge is 0.323 e. The van der Waals surface area contributed by atoms with Crippen LogP contribution in [-0.4, -0.2) is 30.1 Å². The van der Waals surface area contributed by atoms with Crippen molar-refractivity contribution in [2.45, 2.75) is 13.0 Å². The lowest BCUT2D eigenvalue weighted by molar-refractivity contribution is 0.0940. The van der Waals surface area contributed by atoms with Crippen molar-refractivity contribution in [3.8, 4) is 11.5 Å². The van der Waals surface area contributed by atoms with Crippen molar-refractivity contribution >= 4 is 16.9 Å². The highest BCUT2D eigenvalue weighted by molar-refractivity contribution is 5.97. The molecule has 0 unspecified atom stereocenters. The van der Waals surface area contributed by atoms with Gasteiger partial charge in [-0.3, -0.25) is 4.79 Å². The molecule has 1 aromatic heterocycles. The van der Waals surface area contributed by atoms with Gasteiger partial charge in [0.2, 0.25) is 0 Å². The Morgan fingerprint density at radius 3 is 2.44 bits per heavy atom. The van der Waals surface area contributed by atoms with Crippen LogP contribution in [-0.2, 0) is 0 Å². The first-order chi connectivity index (χ1) is 12.0. The van der Waals surface area contributed by atoms with Gasteiger partial charge < -0.3 is 24.8 Å². The predicted octanol–water partition coefficient (Wildman–Crippen LogP) is 2.36. The van der Waals surface area contributed by atoms with Crippen LogP contribution in [0, 0.1) is 0 Å². The lowest BCUT2D eigenvalue weighted by atomic mass is 10.1. The lowest BCUT2D eigenvalue weighted by Crippen LogP contribution is -2.26. The quantitative estimate of drug-likeness (QED) is 0.664. The van der Waals surface area contributed by atoms with Crippen molar-refractivity contribution in [1.82, 2.24) is 15.3 Å². The van der Waals surface area contributed by atoms with Crippen LogP contribution in [0.5, 0.6) is 11.5 Å². The number of carbonyl (C=O) groups is 1. The van der Waals surface area contributed by atoms with Gasteiger partial charge in [-0.1, -0.05) is 6.07 Å². The number of rotatable bonds is 5. The molecule has 1 heterocycles. The van der Waals surface area contributed by atoms with E-state index in [2.05, 4.69) is 15.3 Å². The van der Waals surface area contributed by atoms with Crippen molar-refractivity contribution < 1.29 is 14.3 Å². The minimum absolute atomic E-state index is 0.228. The first kappa shape index (κ1) is 16.6. The Bertz CT molecular complexity index is 974. The summed E-state index contributed by atoms with van der Waals surface area (Å²) in [5.74, 6) is 1.00. The van der Waals surface area contributed by atoms with Crippen molar-refractivity contribution in [3.63, 3.8) is 0 Å². The Morgan fingerprint density at radius 2 is 1.72 bits per heavy atom. The van der Waals surface area contributed by atoms with Gasteiger partial charge >= 0.3 is 5.69 Å². The molecule has 0 aliphatic carbocycles. The maximum Gasteiger partial charge on any atom is 0.323 e. The second kappa shape index (κ2) is 6.72. The van der Waals surface area contributed by atoms with E-state index in [1.807, 2.05) is 19.1 Å². The number of H-pyrrole nitrogens is 2. The highest BCUT2D eigenvalue weighted by atomic mass is 16.5. The zero-order valence-electron chi connectivity index (χ0n) is 14.2. The van der Waals surface area contributed by atoms with Gasteiger partial charge in [-0.05, 0) is 42.8 Å². The van der Waals surface area contributed by atoms with Crippen LogP contribution in [0.25, 0.3) is 11.0 Å². The number of hydrogen-bond acceptors (Lipinski definition) is 4. The molecule has 3 aromatic rings. The van der Waals surface area contributed by atoms with Crippen LogP contribution < -0.4 is 20.5 Å². The zero-order valence-corrected chi connectivity index (χ0v) is 14.2. The number of methoxy groups -OCH3 is 2. The molecule has 7 nitrogen and oxygen atoms in total. The summed E-state index contributed by atoms with van der Waals surface area (Å²) in [7, 11) is 3.14. The molecule has 0 fully saturated rings. The van der Waals surface area contributed by atoms with Crippen LogP contribution >= 0.6 is 0 Å². The number of aromatic amines is 2. The zero-order chi connectivity index (χ0) is 18.0. The van der Waals surface area contributed by atoms with E-state index in [0.29, 0.717) is 28.1 Å². The maximum atomic E-state index is 12.5. The fourth-order valence-corrected chi connectivity index (χ4v) is 2.66. The van der Waals surface area contributed by atoms with Crippen molar-refractivity contribution in [3.05, 3.63) is 58.0 Å². The molecule has 0 saturated heterocycles. The number of ether oxygens (including phenoxy) is 2. The van der Waals surface area contributed by atoms with E-state index < -0.39 is 0 Å². The molecule has 0 bridgehead atoms. The van der Waals surface area contributed by atoms with E-state index in [1.54, 1.807) is 38.5 Å². The summed E-state index contributed by atoms with van der Waals surface area (Å²) in [6.07, 6.45) is 0. The van der Waals surface area contributed by atoms with Crippen LogP contribution in [0.15, 0.2) is 41.2 Å². The normalized spacial score (nSPS) is 12.0. The van der Waals surface area contributed by atoms with Crippen molar-refractivity contribution in [2.75, 3.05) is 14.2 Å². The van der Waals surface area contributed by atoms with Gasteiger partial charge in [0.05, 0.1) is 31.3 Å². The van der Waals surface area contributed by atoms with Gasteiger partial charge in [0, 0.05) is 5.56 Å². The van der Waals surface area contributed by atoms with E-state index in [1.165, 1.54) is 0 Å². The molecule has 25 heavy (non-hydrogen) atoms. The maximum absolute atomic E-state index is 12.5. The molecule has 1 atom stereocenters. The molecule has 1 amide bonds. The summed E-state index contributed by atoms with van der Waals surface area (Å²) in [6.45, 7) is 1.88. The van der Waals surface area contributed by atoms with Gasteiger partial charge in [-0.15, -0.1) is 0 Å². The van der Waals surface area contributed by atoms with E-state index in [0.717, 1.165) is 5.56 Å². The highest BCUT2D eigenvalue weighted by Gasteiger charge is 2.14. The van der Waals surface area contributed by atoms with E-state index in [9.17, 15) is 9.59 Å². The summed E-state index contributed by atoms with van der Waals surface area (Å²) >= 11 is 0. The molecule has 130 valence electrons. The Balaban J connectivity index is 1.80. The molecule has 3 N–H and O–H groups in total. The number of imidazole rings is 1. The van der Waals surface area contributed by atoms with Gasteiger partial charge in [0.15, 0.2) is 11.5 Å². The van der Waals surface area contributed by atoms with Crippen molar-refractivity contribution in [1.29, 1.82) is 0 Å². The summed E-state index contributed by atoms with van der Waals surface area (Å²) in [5, 5.41) is 2.94. The van der Waals surface area contributed by atoms with Crippen molar-refractivity contribution in [2.24, 2.45) is 0 Å². The molecule has 3 rings (SSSR count). The number of fused-ring (bicyclic) bond motifs is 1. The number of aromatic nitrogens is 2. The Morgan fingerprint density at radius 1 is 1.00 bits per heavy atom. The predicted molar refractivity (Wildman–Crippen MR) is 94.3 cm³/mol. The second-order valence-corrected chi connectivity index (χ2v) is 5.65. The lowest BCUT2D eigenvalue weighted by Gasteiger charge is -2.16. The second-order valence-electron chi connectivity index (χ2n) is 5.65. The molecule has 0 saturated carbocycles. The molecule has 2 aromatic carbocycles. The molecular weight excluding hydrogens is 322 g/mol. The third-order valence-electron chi connectivity index (χ3n) is 4.03. The van der Waals surface area contributed by atoms with E-state index >= 15 is 0 Å². The van der Waals surface area contributed by atoms with Crippen LogP contribution in [0.4, 0.5) is 0 Å². The van der Waals surface area contributed by atoms with Crippen LogP contribution in [0.2, 0.25) is 0 Å². The Hall–Kier alpha value is -3.22. The van der Waals surface area contributed by atoms with Gasteiger partial charge in [-0.2, -0.15) is 0 Å². The first-order valence-corrected chi connectivity index (χ1v) is 7.76. The summed E-state index contributed by atoms with van der Waals surface area (Å²) in [5.41, 5.74) is 2.31. The minimum atomic E-state index is -0.300. The SMILES string of the molecule is COc1ccc([C@@H](C)NC(=O)c2ccc3[nH]c(=O)[nH]c3c2)cc1OC. The first-order valence-electron chi connectivity index (χ1n) is 7.76. The van der Waals surface area contributed by atoms with Crippen LogP contribution in [0.1, 0.15) is 28.9 Å². The fraction of sp³-hybridized carbons (Fsp3) is 0.222. The third-order valence-corrected chi connectivity index (χ3v) is 4.03. The fourth-order valence-electron chi connectivity index (χ4n) is 2.66. The molecular formula is C18H19N3O4. The number of amides is 1. The average Bonchev–Trinajstić information content (AvgIpc) is 2.99. The number of hydrogen-bond donors (Lipinski definition) is 3. The molecule has 0 spiro atoms. The van der Waals surface area contributed by atoms with Gasteiger partial charge in [0.1, 0.15) is 0 Å². The molecule has 0 aliphatic heterocycles. The topological polar surface area (TPSA) is 96.2 Å². The summed E-state index contributed by atoms with van der Waals surface area (Å²) in [4.78, 5) is 29.1. The average molecular weight is 341 g/mol. The summed E-state index contributed by atoms with van der Waals surface area (Å²) in [6, 6.07) is 10.3. The number of nitrogens with one attached hydrogen (secondary N) is 3. The largest absolute Gasteiger partial charge is 0.493 e. The molecule has 0 radical (unpaired) electrons. The Labute approximate surface area is 144 Å². The van der Waals surface area contributed by atoms with E-state index in [-0.39, 0.29) is 17.6 Å². The standard InChI is InChI=1S/C18H19N3O4/c1-10(11-5-7-15(24-2)16(9-11)25-3)19-17(22)12-4-6-13-14(8-12)21-18(23)20-13/h4-10H,1-3H3,(H,19,22)(H2,20,21,23)/t10-/m1/s1. The third kappa shape index (κ3) is 3.35. The number of carbonyl (C=O) groups excluding carboxylic acids is 1.